The second kappa shape index (κ2) is 4.00. The summed E-state index contributed by atoms with van der Waals surface area (Å²) in [6.07, 6.45) is 5.88. The summed E-state index contributed by atoms with van der Waals surface area (Å²) in [5, 5.41) is 1.15. The van der Waals surface area contributed by atoms with E-state index in [2.05, 4.69) is 4.98 Å². The molecule has 0 bridgehead atoms. The molecule has 0 aliphatic heterocycles. The monoisotopic (exact) mass is 200 g/mol. The van der Waals surface area contributed by atoms with E-state index in [1.54, 1.807) is 6.08 Å². The zero-order valence-corrected chi connectivity index (χ0v) is 8.23. The number of primary amides is 1. The van der Waals surface area contributed by atoms with E-state index in [1.165, 1.54) is 0 Å². The lowest BCUT2D eigenvalue weighted by Crippen LogP contribution is -2.07. The number of H-pyrrole nitrogens is 1. The maximum absolute atomic E-state index is 10.6. The highest BCUT2D eigenvalue weighted by Gasteiger charge is 1.97. The molecule has 0 spiro atoms. The van der Waals surface area contributed by atoms with Crippen molar-refractivity contribution in [2.24, 2.45) is 5.73 Å². The Bertz CT molecular complexity index is 511. The molecule has 1 amide bonds. The van der Waals surface area contributed by atoms with Gasteiger partial charge in [0.2, 0.25) is 5.91 Å². The van der Waals surface area contributed by atoms with Crippen molar-refractivity contribution in [1.82, 2.24) is 4.98 Å². The Labute approximate surface area is 87.6 Å². The number of nitrogens with two attached hydrogens (primary N) is 1. The van der Waals surface area contributed by atoms with Crippen LogP contribution in [0.15, 0.2) is 36.5 Å². The number of benzene rings is 1. The normalized spacial score (nSPS) is 11.2. The van der Waals surface area contributed by atoms with Crippen LogP contribution >= 0.6 is 0 Å². The van der Waals surface area contributed by atoms with E-state index in [-0.39, 0.29) is 12.3 Å². The van der Waals surface area contributed by atoms with Gasteiger partial charge in [0, 0.05) is 23.5 Å². The van der Waals surface area contributed by atoms with Crippen molar-refractivity contribution in [3.63, 3.8) is 0 Å². The van der Waals surface area contributed by atoms with Gasteiger partial charge in [0.25, 0.3) is 0 Å². The van der Waals surface area contributed by atoms with Crippen molar-refractivity contribution in [2.75, 3.05) is 0 Å². The van der Waals surface area contributed by atoms with Gasteiger partial charge in [0.15, 0.2) is 0 Å². The molecule has 2 rings (SSSR count). The minimum atomic E-state index is -0.313. The predicted molar refractivity (Wildman–Crippen MR) is 61.1 cm³/mol. The van der Waals surface area contributed by atoms with Crippen LogP contribution in [0.5, 0.6) is 0 Å². The Morgan fingerprint density at radius 1 is 1.40 bits per heavy atom. The molecule has 76 valence electrons. The number of aromatic amines is 1. The molecular weight excluding hydrogens is 188 g/mol. The van der Waals surface area contributed by atoms with Crippen molar-refractivity contribution in [1.29, 1.82) is 0 Å². The minimum Gasteiger partial charge on any atom is -0.369 e. The summed E-state index contributed by atoms with van der Waals surface area (Å²) in [6.45, 7) is 0. The minimum absolute atomic E-state index is 0.279. The standard InChI is InChI=1S/C12H12N2O/c13-12(15)6-2-4-9-3-1-5-11-10(9)7-8-14-11/h1-5,7-8,14H,6H2,(H2,13,15). The van der Waals surface area contributed by atoms with Crippen molar-refractivity contribution in [2.45, 2.75) is 6.42 Å². The molecular formula is C12H12N2O. The first-order chi connectivity index (χ1) is 7.27. The largest absolute Gasteiger partial charge is 0.369 e. The average molecular weight is 200 g/mol. The quantitative estimate of drug-likeness (QED) is 0.782. The van der Waals surface area contributed by atoms with Crippen LogP contribution in [-0.4, -0.2) is 10.9 Å². The smallest absolute Gasteiger partial charge is 0.221 e. The fourth-order valence-corrected chi connectivity index (χ4v) is 1.56. The molecule has 1 aromatic carbocycles. The molecule has 3 heteroatoms. The molecule has 1 heterocycles. The lowest BCUT2D eigenvalue weighted by atomic mass is 10.1. The molecule has 0 radical (unpaired) electrons. The molecule has 3 nitrogen and oxygen atoms in total. The van der Waals surface area contributed by atoms with Crippen LogP contribution in [0.4, 0.5) is 0 Å². The maximum Gasteiger partial charge on any atom is 0.221 e. The lowest BCUT2D eigenvalue weighted by molar-refractivity contribution is -0.117. The van der Waals surface area contributed by atoms with Gasteiger partial charge in [-0.05, 0) is 17.7 Å². The fourth-order valence-electron chi connectivity index (χ4n) is 1.56. The molecule has 1 aromatic heterocycles. The zero-order chi connectivity index (χ0) is 10.7. The summed E-state index contributed by atoms with van der Waals surface area (Å²) in [7, 11) is 0. The number of rotatable bonds is 3. The van der Waals surface area contributed by atoms with Crippen LogP contribution < -0.4 is 5.73 Å². The van der Waals surface area contributed by atoms with Crippen LogP contribution in [0.1, 0.15) is 12.0 Å². The van der Waals surface area contributed by atoms with E-state index < -0.39 is 0 Å². The zero-order valence-electron chi connectivity index (χ0n) is 8.23. The van der Waals surface area contributed by atoms with Gasteiger partial charge >= 0.3 is 0 Å². The Balaban J connectivity index is 2.31. The third kappa shape index (κ3) is 2.07. The van der Waals surface area contributed by atoms with Crippen molar-refractivity contribution >= 4 is 22.9 Å². The molecule has 0 saturated carbocycles. The highest BCUT2D eigenvalue weighted by atomic mass is 16.1. The van der Waals surface area contributed by atoms with Gasteiger partial charge in [-0.25, -0.2) is 0 Å². The van der Waals surface area contributed by atoms with Gasteiger partial charge in [-0.15, -0.1) is 0 Å². The summed E-state index contributed by atoms with van der Waals surface area (Å²) in [5.41, 5.74) is 7.24. The highest BCUT2D eigenvalue weighted by molar-refractivity contribution is 5.89. The number of carbonyl (C=O) groups is 1. The van der Waals surface area contributed by atoms with Crippen LogP contribution in [0.3, 0.4) is 0 Å². The van der Waals surface area contributed by atoms with Gasteiger partial charge in [-0.2, -0.15) is 0 Å². The van der Waals surface area contributed by atoms with E-state index in [0.29, 0.717) is 0 Å². The summed E-state index contributed by atoms with van der Waals surface area (Å²) >= 11 is 0. The van der Waals surface area contributed by atoms with Gasteiger partial charge in [0.05, 0.1) is 0 Å². The molecule has 2 aromatic rings. The molecule has 0 saturated heterocycles. The summed E-state index contributed by atoms with van der Waals surface area (Å²) in [4.78, 5) is 13.7. The molecule has 0 unspecified atom stereocenters. The fraction of sp³-hybridized carbons (Fsp3) is 0.0833. The van der Waals surface area contributed by atoms with Gasteiger partial charge < -0.3 is 10.7 Å². The predicted octanol–water partition coefficient (Wildman–Crippen LogP) is 2.06. The van der Waals surface area contributed by atoms with E-state index in [0.717, 1.165) is 16.5 Å². The Morgan fingerprint density at radius 3 is 3.07 bits per heavy atom. The van der Waals surface area contributed by atoms with E-state index >= 15 is 0 Å². The number of aromatic nitrogens is 1. The lowest BCUT2D eigenvalue weighted by Gasteiger charge is -1.95. The second-order valence-corrected chi connectivity index (χ2v) is 3.36. The number of amides is 1. The van der Waals surface area contributed by atoms with Crippen molar-refractivity contribution in [3.05, 3.63) is 42.1 Å². The number of hydrogen-bond donors (Lipinski definition) is 2. The Morgan fingerprint density at radius 2 is 2.27 bits per heavy atom. The Kier molecular flexibility index (Phi) is 2.54. The molecule has 3 N–H and O–H groups in total. The first-order valence-electron chi connectivity index (χ1n) is 4.78. The van der Waals surface area contributed by atoms with Gasteiger partial charge in [-0.3, -0.25) is 4.79 Å². The summed E-state index contributed by atoms with van der Waals surface area (Å²) < 4.78 is 0. The van der Waals surface area contributed by atoms with Crippen molar-refractivity contribution in [3.8, 4) is 0 Å². The number of nitrogens with one attached hydrogen (secondary N) is 1. The third-order valence-electron chi connectivity index (χ3n) is 2.25. The topological polar surface area (TPSA) is 58.9 Å². The van der Waals surface area contributed by atoms with Gasteiger partial charge in [0.1, 0.15) is 0 Å². The SMILES string of the molecule is NC(=O)CC=Cc1cccc2[nH]ccc12. The molecule has 0 aliphatic rings. The summed E-state index contributed by atoms with van der Waals surface area (Å²) in [6, 6.07) is 8.01. The van der Waals surface area contributed by atoms with Crippen LogP contribution in [0.25, 0.3) is 17.0 Å². The van der Waals surface area contributed by atoms with Crippen LogP contribution in [0.2, 0.25) is 0 Å². The van der Waals surface area contributed by atoms with E-state index in [4.69, 9.17) is 5.73 Å². The molecule has 0 aliphatic carbocycles. The maximum atomic E-state index is 10.6. The van der Waals surface area contributed by atoms with E-state index in [1.807, 2.05) is 36.5 Å². The van der Waals surface area contributed by atoms with Gasteiger partial charge in [-0.1, -0.05) is 24.3 Å². The van der Waals surface area contributed by atoms with Crippen molar-refractivity contribution < 1.29 is 4.79 Å². The summed E-state index contributed by atoms with van der Waals surface area (Å²) in [5.74, 6) is -0.313. The first kappa shape index (κ1) is 9.52. The molecule has 0 atom stereocenters. The average Bonchev–Trinajstić information content (AvgIpc) is 2.65. The Hall–Kier alpha value is -2.03. The van der Waals surface area contributed by atoms with E-state index in [9.17, 15) is 4.79 Å². The second-order valence-electron chi connectivity index (χ2n) is 3.36. The number of hydrogen-bond acceptors (Lipinski definition) is 1. The number of carbonyl (C=O) groups excluding carboxylic acids is 1. The highest BCUT2D eigenvalue weighted by Crippen LogP contribution is 2.18. The molecule has 15 heavy (non-hydrogen) atoms. The third-order valence-corrected chi connectivity index (χ3v) is 2.25. The molecule has 0 fully saturated rings. The van der Waals surface area contributed by atoms with Crippen LogP contribution in [-0.2, 0) is 4.79 Å². The number of fused-ring (bicyclic) bond motifs is 1. The van der Waals surface area contributed by atoms with Crippen LogP contribution in [0, 0.1) is 0 Å². The first-order valence-corrected chi connectivity index (χ1v) is 4.78.